The van der Waals surface area contributed by atoms with E-state index >= 15 is 0 Å². The number of ether oxygens (including phenoxy) is 1. The molecule has 0 saturated heterocycles. The van der Waals surface area contributed by atoms with Crippen molar-refractivity contribution in [3.63, 3.8) is 0 Å². The maximum Gasteiger partial charge on any atom is 0.312 e. The monoisotopic (exact) mass is 332 g/mol. The van der Waals surface area contributed by atoms with Gasteiger partial charge >= 0.3 is 5.97 Å². The van der Waals surface area contributed by atoms with Gasteiger partial charge in [0.25, 0.3) is 0 Å². The van der Waals surface area contributed by atoms with Gasteiger partial charge in [0.2, 0.25) is 0 Å². The quantitative estimate of drug-likeness (QED) is 0.610. The van der Waals surface area contributed by atoms with Crippen LogP contribution in [0, 0.1) is 23.2 Å². The van der Waals surface area contributed by atoms with Crippen LogP contribution in [0.25, 0.3) is 0 Å². The molecule has 0 aliphatic heterocycles. The Morgan fingerprint density at radius 2 is 1.70 bits per heavy atom. The fourth-order valence-corrected chi connectivity index (χ4v) is 5.58. The van der Waals surface area contributed by atoms with Gasteiger partial charge in [0, 0.05) is 10.6 Å². The largest absolute Gasteiger partial charge is 0.457 e. The van der Waals surface area contributed by atoms with Gasteiger partial charge in [-0.05, 0) is 68.4 Å². The Morgan fingerprint density at radius 3 is 2.26 bits per heavy atom. The molecule has 0 heterocycles. The van der Waals surface area contributed by atoms with Crippen molar-refractivity contribution in [2.24, 2.45) is 23.2 Å². The highest BCUT2D eigenvalue weighted by molar-refractivity contribution is 6.31. The third kappa shape index (κ3) is 2.80. The van der Waals surface area contributed by atoms with Gasteiger partial charge in [0.1, 0.15) is 0 Å². The van der Waals surface area contributed by atoms with Gasteiger partial charge in [0.15, 0.2) is 12.4 Å². The van der Waals surface area contributed by atoms with Crippen LogP contribution in [-0.4, -0.2) is 18.4 Å². The summed E-state index contributed by atoms with van der Waals surface area (Å²) in [5.41, 5.74) is 0.194. The van der Waals surface area contributed by atoms with Crippen LogP contribution in [0.4, 0.5) is 0 Å². The van der Waals surface area contributed by atoms with Crippen molar-refractivity contribution in [2.45, 2.75) is 38.5 Å². The van der Waals surface area contributed by atoms with Crippen molar-refractivity contribution in [3.05, 3.63) is 34.9 Å². The normalized spacial score (nSPS) is 34.4. The van der Waals surface area contributed by atoms with Crippen LogP contribution in [0.3, 0.4) is 0 Å². The average Bonchev–Trinajstić information content (AvgIpc) is 2.51. The van der Waals surface area contributed by atoms with Crippen molar-refractivity contribution >= 4 is 23.4 Å². The molecule has 3 nitrogen and oxygen atoms in total. The van der Waals surface area contributed by atoms with Crippen LogP contribution < -0.4 is 0 Å². The van der Waals surface area contributed by atoms with Gasteiger partial charge in [-0.1, -0.05) is 23.7 Å². The molecule has 4 heteroatoms. The molecule has 4 bridgehead atoms. The molecule has 4 fully saturated rings. The van der Waals surface area contributed by atoms with Gasteiger partial charge in [-0.2, -0.15) is 0 Å². The number of ketones is 1. The number of halogens is 1. The van der Waals surface area contributed by atoms with Crippen LogP contribution in [-0.2, 0) is 9.53 Å². The first kappa shape index (κ1) is 15.2. The van der Waals surface area contributed by atoms with Gasteiger partial charge in [-0.25, -0.2) is 0 Å². The van der Waals surface area contributed by atoms with Crippen LogP contribution in [0.1, 0.15) is 48.9 Å². The molecular weight excluding hydrogens is 312 g/mol. The number of carbonyl (C=O) groups is 2. The Labute approximate surface area is 141 Å². The fraction of sp³-hybridized carbons (Fsp3) is 0.579. The SMILES string of the molecule is O=C(COC(=O)C12CC3CC(CC(C3)C1)C2)c1cccc(Cl)c1. The van der Waals surface area contributed by atoms with E-state index in [2.05, 4.69) is 0 Å². The summed E-state index contributed by atoms with van der Waals surface area (Å²) in [7, 11) is 0. The van der Waals surface area contributed by atoms with Crippen molar-refractivity contribution in [3.8, 4) is 0 Å². The van der Waals surface area contributed by atoms with Crippen molar-refractivity contribution < 1.29 is 14.3 Å². The van der Waals surface area contributed by atoms with Gasteiger partial charge < -0.3 is 4.74 Å². The van der Waals surface area contributed by atoms with Crippen molar-refractivity contribution in [1.82, 2.24) is 0 Å². The molecule has 4 saturated carbocycles. The van der Waals surface area contributed by atoms with Gasteiger partial charge in [0.05, 0.1) is 5.41 Å². The number of benzene rings is 1. The molecule has 0 unspecified atom stereocenters. The number of rotatable bonds is 4. The van der Waals surface area contributed by atoms with E-state index in [9.17, 15) is 9.59 Å². The Kier molecular flexibility index (Phi) is 3.72. The first-order valence-corrected chi connectivity index (χ1v) is 8.88. The second-order valence-electron chi connectivity index (χ2n) is 7.71. The minimum absolute atomic E-state index is 0.146. The molecule has 0 radical (unpaired) electrons. The molecule has 0 aromatic heterocycles. The molecule has 0 atom stereocenters. The predicted molar refractivity (Wildman–Crippen MR) is 87.3 cm³/mol. The summed E-state index contributed by atoms with van der Waals surface area (Å²) in [6, 6.07) is 6.77. The molecule has 4 aliphatic rings. The molecule has 0 N–H and O–H groups in total. The van der Waals surface area contributed by atoms with E-state index < -0.39 is 0 Å². The summed E-state index contributed by atoms with van der Waals surface area (Å²) in [5.74, 6) is 1.74. The lowest BCUT2D eigenvalue weighted by atomic mass is 9.49. The maximum atomic E-state index is 12.7. The molecule has 0 amide bonds. The lowest BCUT2D eigenvalue weighted by molar-refractivity contribution is -0.170. The van der Waals surface area contributed by atoms with Crippen LogP contribution >= 0.6 is 11.6 Å². The standard InChI is InChI=1S/C19H21ClO3/c20-16-3-1-2-15(7-16)17(21)11-23-18(22)19-8-12-4-13(9-19)6-14(5-12)10-19/h1-3,7,12-14H,4-6,8-11H2. The van der Waals surface area contributed by atoms with Crippen LogP contribution in [0.2, 0.25) is 5.02 Å². The van der Waals surface area contributed by atoms with Crippen molar-refractivity contribution in [1.29, 1.82) is 0 Å². The van der Waals surface area contributed by atoms with Gasteiger partial charge in [-0.15, -0.1) is 0 Å². The Bertz CT molecular complexity index is 616. The van der Waals surface area contributed by atoms with E-state index in [1.807, 2.05) is 0 Å². The first-order valence-electron chi connectivity index (χ1n) is 8.50. The van der Waals surface area contributed by atoms with E-state index in [1.54, 1.807) is 24.3 Å². The van der Waals surface area contributed by atoms with Gasteiger partial charge in [-0.3, -0.25) is 9.59 Å². The zero-order valence-corrected chi connectivity index (χ0v) is 13.8. The Morgan fingerprint density at radius 1 is 1.09 bits per heavy atom. The summed E-state index contributed by atoms with van der Waals surface area (Å²) in [4.78, 5) is 24.9. The minimum atomic E-state index is -0.302. The highest BCUT2D eigenvalue weighted by Gasteiger charge is 2.55. The summed E-state index contributed by atoms with van der Waals surface area (Å²) >= 11 is 5.90. The van der Waals surface area contributed by atoms with E-state index in [1.165, 1.54) is 19.3 Å². The number of carbonyl (C=O) groups excluding carboxylic acids is 2. The topological polar surface area (TPSA) is 43.4 Å². The fourth-order valence-electron chi connectivity index (χ4n) is 5.39. The molecular formula is C19H21ClO3. The average molecular weight is 333 g/mol. The molecule has 122 valence electrons. The Balaban J connectivity index is 1.41. The highest BCUT2D eigenvalue weighted by atomic mass is 35.5. The molecule has 0 spiro atoms. The number of esters is 1. The lowest BCUT2D eigenvalue weighted by Crippen LogP contribution is -2.50. The third-order valence-corrected chi connectivity index (χ3v) is 6.19. The first-order chi connectivity index (χ1) is 11.0. The van der Waals surface area contributed by atoms with E-state index in [0.29, 0.717) is 28.3 Å². The summed E-state index contributed by atoms with van der Waals surface area (Å²) in [5, 5.41) is 0.517. The predicted octanol–water partition coefficient (Wildman–Crippen LogP) is 4.28. The second-order valence-corrected chi connectivity index (χ2v) is 8.14. The molecule has 4 aliphatic carbocycles. The smallest absolute Gasteiger partial charge is 0.312 e. The van der Waals surface area contributed by atoms with Crippen LogP contribution in [0.5, 0.6) is 0 Å². The highest BCUT2D eigenvalue weighted by Crippen LogP contribution is 2.60. The zero-order chi connectivity index (χ0) is 16.0. The van der Waals surface area contributed by atoms with E-state index in [0.717, 1.165) is 19.3 Å². The van der Waals surface area contributed by atoms with E-state index in [-0.39, 0.29) is 23.8 Å². The number of Topliss-reactive ketones (excluding diaryl/α,β-unsaturated/α-hetero) is 1. The van der Waals surface area contributed by atoms with E-state index in [4.69, 9.17) is 16.3 Å². The second kappa shape index (κ2) is 5.62. The molecule has 1 aromatic carbocycles. The van der Waals surface area contributed by atoms with Crippen molar-refractivity contribution in [2.75, 3.05) is 6.61 Å². The summed E-state index contributed by atoms with van der Waals surface area (Å²) in [6.45, 7) is -0.180. The number of hydrogen-bond donors (Lipinski definition) is 0. The Hall–Kier alpha value is -1.35. The summed E-state index contributed by atoms with van der Waals surface area (Å²) < 4.78 is 5.45. The lowest BCUT2D eigenvalue weighted by Gasteiger charge is -2.55. The van der Waals surface area contributed by atoms with Crippen LogP contribution in [0.15, 0.2) is 24.3 Å². The maximum absolute atomic E-state index is 12.7. The molecule has 1 aromatic rings. The molecule has 23 heavy (non-hydrogen) atoms. The zero-order valence-electron chi connectivity index (χ0n) is 13.1. The third-order valence-electron chi connectivity index (χ3n) is 5.95. The number of hydrogen-bond acceptors (Lipinski definition) is 3. The summed E-state index contributed by atoms with van der Waals surface area (Å²) in [6.07, 6.45) is 6.74. The minimum Gasteiger partial charge on any atom is -0.457 e. The molecule has 5 rings (SSSR count).